The first kappa shape index (κ1) is 54.2. The summed E-state index contributed by atoms with van der Waals surface area (Å²) in [5.74, 6) is -0.113. The van der Waals surface area contributed by atoms with E-state index in [1.54, 1.807) is 16.2 Å². The summed E-state index contributed by atoms with van der Waals surface area (Å²) in [5, 5.41) is 16.4. The van der Waals surface area contributed by atoms with E-state index in [0.717, 1.165) is 97.2 Å². The minimum atomic E-state index is -0.816. The van der Waals surface area contributed by atoms with Gasteiger partial charge in [0.25, 0.3) is 0 Å². The van der Waals surface area contributed by atoms with Gasteiger partial charge in [0.1, 0.15) is 24.4 Å². The average molecular weight is 982 g/mol. The minimum Gasteiger partial charge on any atom is -0.492 e. The smallest absolute Gasteiger partial charge is 0.246 e. The molecule has 3 N–H and O–H groups in total. The Morgan fingerprint density at radius 1 is 0.789 bits per heavy atom. The highest BCUT2D eigenvalue weighted by Gasteiger charge is 2.42. The SMILES string of the molecule is CC/C(=C(\c1ccccc1)c1ccc(OCCN(C)C(=O)CCCCCCCCCCCC(=O)N[C@H](C(=O)N2C[C@H](O)C[C@H]2C(=O)NCc2ccc(-c3scnc3C)cc2)C(C)C)cc1)c1ccccc1. The predicted octanol–water partition coefficient (Wildman–Crippen LogP) is 11.0. The molecule has 5 aromatic rings. The second kappa shape index (κ2) is 28.1. The lowest BCUT2D eigenvalue weighted by Gasteiger charge is -2.30. The van der Waals surface area contributed by atoms with Crippen LogP contribution in [0.2, 0.25) is 0 Å². The Kier molecular flexibility index (Phi) is 21.4. The Morgan fingerprint density at radius 3 is 1.97 bits per heavy atom. The number of thiazole rings is 1. The number of likely N-dealkylation sites (N-methyl/N-ethyl adjacent to an activating group) is 1. The fraction of sp³-hybridized carbons (Fsp3) is 0.441. The standard InChI is InChI=1S/C59H75N5O6S/c1-6-51(45-22-16-14-17-23-45)55(46-24-18-15-19-25-46)47-32-34-50(35-33-47)70-37-36-63(5)54(67)27-21-13-11-9-7-8-10-12-20-26-53(66)62-56(42(2)3)59(69)64-40-49(65)38-52(64)58(68)60-39-44-28-30-48(31-29-44)57-43(4)61-41-71-57/h14-19,22-25,28-35,41-42,49,52,56,65H,6-13,20-21,26-27,36-40H2,1-5H3,(H,60,68)(H,62,66)/b55-51-/t49-,52+,56+/m1/s1. The lowest BCUT2D eigenvalue weighted by molar-refractivity contribution is -0.142. The summed E-state index contributed by atoms with van der Waals surface area (Å²) in [6, 6.07) is 35.7. The molecule has 0 spiro atoms. The molecule has 0 unspecified atom stereocenters. The molecule has 1 aromatic heterocycles. The fourth-order valence-electron chi connectivity index (χ4n) is 9.32. The molecule has 1 aliphatic rings. The Bertz CT molecular complexity index is 2470. The van der Waals surface area contributed by atoms with Crippen molar-refractivity contribution >= 4 is 46.1 Å². The number of ether oxygens (including phenoxy) is 1. The van der Waals surface area contributed by atoms with E-state index >= 15 is 0 Å². The molecule has 1 aliphatic heterocycles. The second-order valence-corrected chi connectivity index (χ2v) is 20.0. The molecular formula is C59H75N5O6S. The molecule has 1 fully saturated rings. The van der Waals surface area contributed by atoms with Gasteiger partial charge in [0.15, 0.2) is 0 Å². The number of carbonyl (C=O) groups is 4. The number of hydrogen-bond acceptors (Lipinski definition) is 8. The number of likely N-dealkylation sites (tertiary alicyclic amines) is 1. The van der Waals surface area contributed by atoms with Crippen molar-refractivity contribution in [2.45, 2.75) is 136 Å². The number of hydrogen-bond donors (Lipinski definition) is 3. The highest BCUT2D eigenvalue weighted by Crippen LogP contribution is 2.35. The molecule has 12 heteroatoms. The summed E-state index contributed by atoms with van der Waals surface area (Å²) in [7, 11) is 1.85. The van der Waals surface area contributed by atoms with Crippen molar-refractivity contribution in [1.82, 2.24) is 25.4 Å². The van der Waals surface area contributed by atoms with Gasteiger partial charge in [0.05, 0.1) is 28.7 Å². The van der Waals surface area contributed by atoms with Crippen LogP contribution in [0.15, 0.2) is 115 Å². The highest BCUT2D eigenvalue weighted by molar-refractivity contribution is 7.13. The number of allylic oxidation sites excluding steroid dienone is 1. The average Bonchev–Trinajstić information content (AvgIpc) is 4.01. The van der Waals surface area contributed by atoms with Crippen LogP contribution in [0.25, 0.3) is 21.6 Å². The molecule has 2 heterocycles. The number of benzene rings is 4. The molecule has 1 saturated heterocycles. The zero-order chi connectivity index (χ0) is 50.5. The molecular weight excluding hydrogens is 907 g/mol. The third-order valence-corrected chi connectivity index (χ3v) is 14.4. The van der Waals surface area contributed by atoms with Gasteiger partial charge in [-0.15, -0.1) is 11.3 Å². The van der Waals surface area contributed by atoms with Gasteiger partial charge < -0.3 is 30.3 Å². The number of β-amino-alcohol motifs (C(OH)–C–C–N with tert-alkyl or cyclic N) is 1. The first-order valence-corrected chi connectivity index (χ1v) is 26.7. The summed E-state index contributed by atoms with van der Waals surface area (Å²) < 4.78 is 6.08. The zero-order valence-corrected chi connectivity index (χ0v) is 43.4. The van der Waals surface area contributed by atoms with Gasteiger partial charge in [-0.25, -0.2) is 4.98 Å². The highest BCUT2D eigenvalue weighted by atomic mass is 32.1. The van der Waals surface area contributed by atoms with Gasteiger partial charge in [0.2, 0.25) is 23.6 Å². The van der Waals surface area contributed by atoms with Gasteiger partial charge in [-0.05, 0) is 83.2 Å². The monoisotopic (exact) mass is 982 g/mol. The Labute approximate surface area is 426 Å². The summed E-state index contributed by atoms with van der Waals surface area (Å²) in [6.07, 6.45) is 10.1. The van der Waals surface area contributed by atoms with Gasteiger partial charge in [-0.1, -0.05) is 163 Å². The maximum atomic E-state index is 13.8. The quantitative estimate of drug-likeness (QED) is 0.0351. The first-order chi connectivity index (χ1) is 34.4. The molecule has 378 valence electrons. The Hall–Kier alpha value is -6.11. The van der Waals surface area contributed by atoms with Crippen molar-refractivity contribution in [1.29, 1.82) is 0 Å². The van der Waals surface area contributed by atoms with E-state index in [-0.39, 0.29) is 42.5 Å². The number of aryl methyl sites for hydroxylation is 1. The van der Waals surface area contributed by atoms with Crippen LogP contribution in [-0.4, -0.2) is 88.5 Å². The third kappa shape index (κ3) is 16.2. The molecule has 6 rings (SSSR count). The number of carbonyl (C=O) groups excluding carboxylic acids is 4. The van der Waals surface area contributed by atoms with Gasteiger partial charge in [0, 0.05) is 39.4 Å². The van der Waals surface area contributed by atoms with Crippen LogP contribution in [0.3, 0.4) is 0 Å². The molecule has 0 aliphatic carbocycles. The van der Waals surface area contributed by atoms with Gasteiger partial charge in [-0.3, -0.25) is 19.2 Å². The van der Waals surface area contributed by atoms with Crippen LogP contribution in [0.4, 0.5) is 0 Å². The lowest BCUT2D eigenvalue weighted by Crippen LogP contribution is -2.55. The number of nitrogens with zero attached hydrogens (tertiary/aromatic N) is 3. The predicted molar refractivity (Wildman–Crippen MR) is 286 cm³/mol. The number of unbranched alkanes of at least 4 members (excludes halogenated alkanes) is 8. The first-order valence-electron chi connectivity index (χ1n) is 25.8. The van der Waals surface area contributed by atoms with E-state index in [9.17, 15) is 24.3 Å². The number of amides is 4. The van der Waals surface area contributed by atoms with Crippen molar-refractivity contribution < 1.29 is 29.0 Å². The van der Waals surface area contributed by atoms with Crippen LogP contribution in [0.1, 0.15) is 132 Å². The van der Waals surface area contributed by atoms with Crippen LogP contribution in [-0.2, 0) is 25.7 Å². The fourth-order valence-corrected chi connectivity index (χ4v) is 10.1. The molecule has 0 saturated carbocycles. The van der Waals surface area contributed by atoms with Gasteiger partial charge >= 0.3 is 0 Å². The van der Waals surface area contributed by atoms with E-state index in [4.69, 9.17) is 4.74 Å². The van der Waals surface area contributed by atoms with Crippen molar-refractivity contribution in [2.75, 3.05) is 26.7 Å². The third-order valence-electron chi connectivity index (χ3n) is 13.4. The van der Waals surface area contributed by atoms with Crippen LogP contribution < -0.4 is 15.4 Å². The van der Waals surface area contributed by atoms with E-state index in [0.29, 0.717) is 32.5 Å². The summed E-state index contributed by atoms with van der Waals surface area (Å²) in [4.78, 5) is 61.7. The number of rotatable bonds is 27. The zero-order valence-electron chi connectivity index (χ0n) is 42.5. The maximum absolute atomic E-state index is 13.8. The Balaban J connectivity index is 0.809. The van der Waals surface area contributed by atoms with Crippen LogP contribution in [0, 0.1) is 12.8 Å². The van der Waals surface area contributed by atoms with Crippen LogP contribution >= 0.6 is 11.3 Å². The summed E-state index contributed by atoms with van der Waals surface area (Å²) in [6.45, 7) is 9.24. The van der Waals surface area contributed by atoms with E-state index in [2.05, 4.69) is 83.2 Å². The molecule has 3 atom stereocenters. The number of nitrogens with one attached hydrogen (secondary N) is 2. The van der Waals surface area contributed by atoms with Crippen molar-refractivity contribution in [3.8, 4) is 16.2 Å². The normalized spacial score (nSPS) is 15.3. The lowest BCUT2D eigenvalue weighted by atomic mass is 9.88. The molecule has 11 nitrogen and oxygen atoms in total. The molecule has 4 amide bonds. The molecule has 0 bridgehead atoms. The Morgan fingerprint density at radius 2 is 1.38 bits per heavy atom. The minimum absolute atomic E-state index is 0.0490. The van der Waals surface area contributed by atoms with Crippen LogP contribution in [0.5, 0.6) is 5.75 Å². The summed E-state index contributed by atoms with van der Waals surface area (Å²) >= 11 is 1.59. The van der Waals surface area contributed by atoms with Crippen molar-refractivity contribution in [2.24, 2.45) is 5.92 Å². The topological polar surface area (TPSA) is 141 Å². The van der Waals surface area contributed by atoms with E-state index in [1.807, 2.05) is 81.9 Å². The molecule has 0 radical (unpaired) electrons. The maximum Gasteiger partial charge on any atom is 0.246 e. The van der Waals surface area contributed by atoms with E-state index in [1.165, 1.54) is 27.2 Å². The van der Waals surface area contributed by atoms with E-state index < -0.39 is 18.2 Å². The second-order valence-electron chi connectivity index (χ2n) is 19.2. The molecule has 71 heavy (non-hydrogen) atoms. The largest absolute Gasteiger partial charge is 0.492 e. The van der Waals surface area contributed by atoms with Crippen molar-refractivity contribution in [3.63, 3.8) is 0 Å². The number of aromatic nitrogens is 1. The van der Waals surface area contributed by atoms with Gasteiger partial charge in [-0.2, -0.15) is 0 Å². The number of aliphatic hydroxyl groups is 1. The molecule has 4 aromatic carbocycles. The number of aliphatic hydroxyl groups excluding tert-OH is 1. The van der Waals surface area contributed by atoms with Crippen molar-refractivity contribution in [3.05, 3.63) is 143 Å². The summed E-state index contributed by atoms with van der Waals surface area (Å²) in [5.41, 5.74) is 10.9.